The summed E-state index contributed by atoms with van der Waals surface area (Å²) in [6, 6.07) is 63.9. The number of ether oxygens (including phenoxy) is 2. The molecule has 0 aliphatic carbocycles. The van der Waals surface area contributed by atoms with Crippen LogP contribution in [0.25, 0.3) is 12.2 Å². The van der Waals surface area contributed by atoms with Crippen LogP contribution in [0, 0.1) is 0 Å². The van der Waals surface area contributed by atoms with E-state index in [1.807, 2.05) is 140 Å². The van der Waals surface area contributed by atoms with Crippen LogP contribution in [-0.4, -0.2) is 189 Å². The molecule has 34 heteroatoms. The highest BCUT2D eigenvalue weighted by molar-refractivity contribution is 6.67. The quantitative estimate of drug-likeness (QED) is 0.0446. The first-order valence-electron chi connectivity index (χ1n) is 45.0. The number of pyridine rings is 4. The highest BCUT2D eigenvalue weighted by Gasteiger charge is 2.51. The van der Waals surface area contributed by atoms with E-state index in [1.165, 1.54) is 57.9 Å². The van der Waals surface area contributed by atoms with Gasteiger partial charge in [-0.25, -0.2) is 29.5 Å². The molecule has 0 saturated carbocycles. The summed E-state index contributed by atoms with van der Waals surface area (Å²) in [4.78, 5) is 121. The van der Waals surface area contributed by atoms with Crippen molar-refractivity contribution in [3.8, 4) is 0 Å². The number of aldehydes is 1. The number of hydrogen-bond acceptors (Lipinski definition) is 17. The minimum Gasteiger partial charge on any atom is -0.542 e. The Morgan fingerprint density at radius 3 is 1.22 bits per heavy atom. The summed E-state index contributed by atoms with van der Waals surface area (Å²) in [5.41, 5.74) is 12.7. The number of alkyl halides is 5. The molecule has 10 aromatic rings. The van der Waals surface area contributed by atoms with Gasteiger partial charge in [0.05, 0.1) is 13.1 Å². The third-order valence-electron chi connectivity index (χ3n) is 24.5. The molecule has 18 rings (SSSR count). The number of benzene rings is 6. The molecule has 0 radical (unpaired) electrons. The Morgan fingerprint density at radius 1 is 0.471 bits per heavy atom. The van der Waals surface area contributed by atoms with Gasteiger partial charge in [-0.05, 0) is 236 Å². The van der Waals surface area contributed by atoms with Crippen molar-refractivity contribution in [1.29, 1.82) is 0 Å². The number of allylic oxidation sites excluding steroid dienone is 1. The van der Waals surface area contributed by atoms with Crippen molar-refractivity contribution < 1.29 is 72.9 Å². The van der Waals surface area contributed by atoms with E-state index < -0.39 is 28.6 Å². The van der Waals surface area contributed by atoms with Crippen LogP contribution in [0.15, 0.2) is 237 Å². The first-order chi connectivity index (χ1) is 65.6. The lowest BCUT2D eigenvalue weighted by Gasteiger charge is -2.40. The SMILES string of the molecule is CC(C)(C)OC(=O)N1CCC2(CC1)CN(C(=O)c1ccnc(Cl)c1)c1ccccc12.CC(C)(C)OC(=O)N1CCC2(CC1)CNc1ccccc12.CC(Cl)Cl.O=C(Cl)c1ccnc(Cl)c1.O=C([O-])C(F)(F)F.O=C(c1ccnc(Cl)c1)N1CC2(CCN(C/C=C/c3ccccc3)CC2)c2ccccc21.O=C(c1ccnc(Cl)c1)N1CC2(CC[NH2+]CC2)c2cc(Cl)ccc21.O=C/C=C/c1ccccc1.[HH]. The predicted octanol–water partition coefficient (Wildman–Crippen LogP) is 21.5. The third-order valence-corrected chi connectivity index (χ3v) is 25.8. The molecule has 730 valence electrons. The van der Waals surface area contributed by atoms with Crippen molar-refractivity contribution >= 4 is 175 Å². The van der Waals surface area contributed by atoms with Crippen LogP contribution in [0.4, 0.5) is 45.5 Å². The normalized spacial score (nSPS) is 16.5. The number of quaternary nitrogens is 1. The number of rotatable bonds is 9. The van der Waals surface area contributed by atoms with Crippen LogP contribution >= 0.6 is 92.8 Å². The van der Waals surface area contributed by atoms with Gasteiger partial charge >= 0.3 is 18.4 Å². The van der Waals surface area contributed by atoms with Gasteiger partial charge in [0.15, 0.2) is 0 Å². The number of carboxylic acids is 1. The topological polar surface area (TPSA) is 278 Å². The Kier molecular flexibility index (Phi) is 37.9. The number of carbonyl (C=O) groups excluding carboxylic acids is 8. The smallest absolute Gasteiger partial charge is 0.430 e. The van der Waals surface area contributed by atoms with Gasteiger partial charge < -0.3 is 54.5 Å². The summed E-state index contributed by atoms with van der Waals surface area (Å²) >= 11 is 44.9. The van der Waals surface area contributed by atoms with Crippen LogP contribution in [0.5, 0.6) is 0 Å². The van der Waals surface area contributed by atoms with E-state index in [-0.39, 0.29) is 63.0 Å². The maximum atomic E-state index is 13.3. The highest BCUT2D eigenvalue weighted by atomic mass is 35.5. The second-order valence-electron chi connectivity index (χ2n) is 36.3. The third kappa shape index (κ3) is 29.3. The number of piperidine rings is 4. The standard InChI is InChI=1S/C27H26ClN3O.C23H26ClN3O3.C18H17Cl2N3O.C17H24N2O2.C9H8O.C6H3Cl2NO.C2H4Cl2.C2HF3O2.H2/c28-25-19-22(12-15-29-25)26(32)31-20-27(23-10-4-5-11-24(23)31)13-17-30(18-14-27)16-6-9-21-7-2-1-3-8-21;1-22(2,3)30-21(29)26-12-9-23(10-13-26)15-27(18-7-5-4-6-17(18)23)20(28)16-8-11-25-19(24)14-16;19-13-1-2-15-14(10-13)18(4-7-21-8-5-18)11-23(15)17(24)12-3-6-22-16(20)9-12;1-16(2,3)21-15(20)19-10-8-17(9-11-19)12-18-14-7-5-4-6-13(14)17;10-8-4-7-9-5-2-1-3-6-9;7-5-3-4(6(8)10)1-2-9-5;1-2(3)4;3-2(4,5)1(6)7;/h1-12,15,19H,13-14,16-18,20H2;4-8,11,14H,9-10,12-13,15H2,1-3H3;1-3,6,9-10,21H,4-5,7-8,11H2;4-7,18H,8-12H2,1-3H3;1-8H;1-3H;2H,1H3;(H,6,7);1H/b9-6+;;;;7-4+;;;;. The monoisotopic (exact) mass is 2040 g/mol. The zero-order valence-corrected chi connectivity index (χ0v) is 83.4. The molecule has 3 N–H and O–H groups in total. The van der Waals surface area contributed by atoms with Gasteiger partial charge in [-0.2, -0.15) is 13.2 Å². The van der Waals surface area contributed by atoms with Crippen molar-refractivity contribution in [3.05, 3.63) is 318 Å². The Morgan fingerprint density at radius 2 is 0.826 bits per heavy atom. The van der Waals surface area contributed by atoms with E-state index in [2.05, 4.69) is 120 Å². The van der Waals surface area contributed by atoms with Crippen LogP contribution in [0.2, 0.25) is 25.6 Å². The fraction of sp³-hybridized carbons (Fsp3) is 0.346. The number of aromatic nitrogens is 4. The van der Waals surface area contributed by atoms with Crippen molar-refractivity contribution in [2.45, 2.75) is 144 Å². The summed E-state index contributed by atoms with van der Waals surface area (Å²) in [6.07, 6.45) is 16.7. The van der Waals surface area contributed by atoms with Crippen LogP contribution in [0.1, 0.15) is 176 Å². The number of carboxylic acid groups (broad SMARTS) is 1. The first kappa shape index (κ1) is 107. The fourth-order valence-electron chi connectivity index (χ4n) is 17.9. The number of hydrogen-bond donors (Lipinski definition) is 2. The second-order valence-corrected chi connectivity index (χ2v) is 40.1. The predicted molar refractivity (Wildman–Crippen MR) is 540 cm³/mol. The maximum Gasteiger partial charge on any atom is 0.430 e. The zero-order chi connectivity index (χ0) is 99.8. The maximum absolute atomic E-state index is 13.3. The van der Waals surface area contributed by atoms with Gasteiger partial charge in [-0.1, -0.05) is 191 Å². The Bertz CT molecular complexity index is 5950. The minimum atomic E-state index is -5.19. The largest absolute Gasteiger partial charge is 0.542 e. The molecule has 4 fully saturated rings. The summed E-state index contributed by atoms with van der Waals surface area (Å²) in [6.45, 7) is 23.9. The van der Waals surface area contributed by atoms with Gasteiger partial charge in [-0.3, -0.25) is 28.9 Å². The number of aliphatic carboxylic acids is 1. The number of carbonyl (C=O) groups is 8. The molecule has 4 spiro atoms. The summed E-state index contributed by atoms with van der Waals surface area (Å²) in [5.74, 6) is -3.13. The number of nitrogens with zero attached hydrogens (tertiary/aromatic N) is 10. The lowest BCUT2D eigenvalue weighted by atomic mass is 9.74. The number of para-hydroxylation sites is 3. The molecule has 5 amide bonds. The van der Waals surface area contributed by atoms with Crippen LogP contribution in [-0.2, 0) is 40.7 Å². The molecule has 0 atom stereocenters. The van der Waals surface area contributed by atoms with Gasteiger partial charge in [0.1, 0.15) is 48.9 Å². The molecule has 12 heterocycles. The van der Waals surface area contributed by atoms with E-state index >= 15 is 0 Å². The van der Waals surface area contributed by atoms with Crippen molar-refractivity contribution in [1.82, 2.24) is 34.6 Å². The van der Waals surface area contributed by atoms with Gasteiger partial charge in [-0.15, -0.1) is 23.2 Å². The molecule has 8 aliphatic rings. The van der Waals surface area contributed by atoms with E-state index in [9.17, 15) is 46.7 Å². The minimum absolute atomic E-state index is 0. The molecule has 4 saturated heterocycles. The zero-order valence-electron chi connectivity index (χ0n) is 77.4. The summed E-state index contributed by atoms with van der Waals surface area (Å²) in [5, 5.41) is 16.1. The van der Waals surface area contributed by atoms with E-state index in [0.717, 1.165) is 144 Å². The van der Waals surface area contributed by atoms with Crippen molar-refractivity contribution in [3.63, 3.8) is 0 Å². The van der Waals surface area contributed by atoms with Gasteiger partial charge in [0.25, 0.3) is 23.0 Å². The van der Waals surface area contributed by atoms with E-state index in [0.29, 0.717) is 63.9 Å². The Hall–Kier alpha value is -11.0. The van der Waals surface area contributed by atoms with Crippen molar-refractivity contribution in [2.75, 3.05) is 105 Å². The number of halogens is 11. The fourth-order valence-corrected chi connectivity index (χ4v) is 18.9. The Balaban J connectivity index is 0.000000174. The molecular weight excluding hydrogens is 1930 g/mol. The second kappa shape index (κ2) is 48.7. The number of anilines is 4. The molecule has 6 aromatic carbocycles. The molecule has 4 aromatic heterocycles. The lowest BCUT2D eigenvalue weighted by Crippen LogP contribution is -2.87. The summed E-state index contributed by atoms with van der Waals surface area (Å²) in [7, 11) is 0. The van der Waals surface area contributed by atoms with Gasteiger partial charge in [0, 0.05) is 170 Å². The molecule has 138 heavy (non-hydrogen) atoms. The Labute approximate surface area is 843 Å². The average molecular weight is 2050 g/mol. The molecule has 0 bridgehead atoms. The highest BCUT2D eigenvalue weighted by Crippen LogP contribution is 2.51. The molecule has 8 aliphatic heterocycles. The number of fused-ring (bicyclic) bond motifs is 8. The van der Waals surface area contributed by atoms with E-state index in [4.69, 9.17) is 112 Å². The average Bonchev–Trinajstić information content (AvgIpc) is 1.61. The van der Waals surface area contributed by atoms with E-state index in [1.54, 1.807) is 72.9 Å². The van der Waals surface area contributed by atoms with Gasteiger partial charge in [0.2, 0.25) is 0 Å². The summed E-state index contributed by atoms with van der Waals surface area (Å²) < 4.78 is 42.5. The number of amides is 5. The molecular formula is C104H111Cl8F3N12O11. The van der Waals surface area contributed by atoms with Crippen LogP contribution < -0.4 is 30.4 Å². The lowest BCUT2D eigenvalue weighted by molar-refractivity contribution is -0.665. The van der Waals surface area contributed by atoms with Crippen LogP contribution in [0.3, 0.4) is 0 Å². The van der Waals surface area contributed by atoms with Crippen molar-refractivity contribution in [2.24, 2.45) is 0 Å². The first-order valence-corrected chi connectivity index (χ1v) is 48.2. The number of nitrogens with one attached hydrogen (secondary N) is 1. The number of nitrogens with two attached hydrogens (primary N) is 1. The molecule has 0 unspecified atom stereocenters. The molecule has 23 nitrogen and oxygen atoms in total. The number of likely N-dealkylation sites (tertiary alicyclic amines) is 3.